The number of hydrogen-bond acceptors (Lipinski definition) is 2. The monoisotopic (exact) mass is 297 g/mol. The Hall–Kier alpha value is -0.930. The molecular formula is C16H21ClFNO. The lowest BCUT2D eigenvalue weighted by Gasteiger charge is -2.34. The van der Waals surface area contributed by atoms with Crippen molar-refractivity contribution in [2.24, 2.45) is 11.8 Å². The third-order valence-electron chi connectivity index (χ3n) is 4.35. The van der Waals surface area contributed by atoms with Crippen molar-refractivity contribution in [3.05, 3.63) is 35.7 Å². The Labute approximate surface area is 125 Å². The molecule has 0 spiro atoms. The van der Waals surface area contributed by atoms with Crippen molar-refractivity contribution >= 4 is 17.9 Å². The van der Waals surface area contributed by atoms with E-state index in [1.54, 1.807) is 6.08 Å². The maximum Gasteiger partial charge on any atom is 0.140 e. The number of likely N-dealkylation sites (tertiary alicyclic amines) is 1. The molecule has 0 bridgehead atoms. The average Bonchev–Trinajstić information content (AvgIpc) is 3.14. The van der Waals surface area contributed by atoms with Crippen LogP contribution in [-0.4, -0.2) is 29.8 Å². The largest absolute Gasteiger partial charge is 0.301 e. The number of carbonyl (C=O) groups excluding carboxylic acids is 1. The summed E-state index contributed by atoms with van der Waals surface area (Å²) in [5.41, 5.74) is -0.727. The summed E-state index contributed by atoms with van der Waals surface area (Å²) in [4.78, 5) is 13.7. The summed E-state index contributed by atoms with van der Waals surface area (Å²) in [7, 11) is 0. The number of hydrogen-bond donors (Lipinski definition) is 0. The van der Waals surface area contributed by atoms with Gasteiger partial charge < -0.3 is 4.79 Å². The van der Waals surface area contributed by atoms with E-state index in [2.05, 4.69) is 11.5 Å². The summed E-state index contributed by atoms with van der Waals surface area (Å²) in [5, 5.41) is 0.356. The van der Waals surface area contributed by atoms with Crippen molar-refractivity contribution in [3.63, 3.8) is 0 Å². The number of rotatable bonds is 6. The van der Waals surface area contributed by atoms with Crippen LogP contribution < -0.4 is 0 Å². The van der Waals surface area contributed by atoms with Gasteiger partial charge in [-0.1, -0.05) is 24.3 Å². The molecule has 110 valence electrons. The van der Waals surface area contributed by atoms with E-state index in [-0.39, 0.29) is 11.7 Å². The molecule has 0 aromatic carbocycles. The summed E-state index contributed by atoms with van der Waals surface area (Å²) in [6, 6.07) is 0. The van der Waals surface area contributed by atoms with Crippen LogP contribution in [0.4, 0.5) is 4.39 Å². The van der Waals surface area contributed by atoms with E-state index in [0.717, 1.165) is 19.4 Å². The highest BCUT2D eigenvalue weighted by Crippen LogP contribution is 2.41. The van der Waals surface area contributed by atoms with E-state index >= 15 is 0 Å². The van der Waals surface area contributed by atoms with Gasteiger partial charge in [-0.2, -0.15) is 0 Å². The molecule has 0 aromatic heterocycles. The smallest absolute Gasteiger partial charge is 0.140 e. The third kappa shape index (κ3) is 3.39. The molecule has 1 heterocycles. The molecule has 2 fully saturated rings. The van der Waals surface area contributed by atoms with Gasteiger partial charge in [0.15, 0.2) is 0 Å². The minimum atomic E-state index is -0.727. The summed E-state index contributed by atoms with van der Waals surface area (Å²) < 4.78 is 14.3. The lowest BCUT2D eigenvalue weighted by molar-refractivity contribution is -0.117. The molecule has 20 heavy (non-hydrogen) atoms. The molecule has 0 aromatic rings. The second kappa shape index (κ2) is 6.23. The molecule has 0 amide bonds. The van der Waals surface area contributed by atoms with Crippen LogP contribution in [0.2, 0.25) is 0 Å². The zero-order chi connectivity index (χ0) is 14.8. The number of nitrogens with zero attached hydrogens (tertiary/aromatic N) is 1. The Balaban J connectivity index is 2.10. The van der Waals surface area contributed by atoms with Gasteiger partial charge in [0.2, 0.25) is 0 Å². The predicted octanol–water partition coefficient (Wildman–Crippen LogP) is 3.84. The molecule has 2 rings (SSSR count). The van der Waals surface area contributed by atoms with Crippen LogP contribution in [0.1, 0.15) is 26.2 Å². The van der Waals surface area contributed by atoms with Gasteiger partial charge in [0.25, 0.3) is 0 Å². The van der Waals surface area contributed by atoms with Gasteiger partial charge in [-0.15, -0.1) is 0 Å². The van der Waals surface area contributed by atoms with Crippen LogP contribution >= 0.6 is 11.6 Å². The fraction of sp³-hybridized carbons (Fsp3) is 0.562. The Kier molecular flexibility index (Phi) is 4.82. The molecule has 1 saturated heterocycles. The first kappa shape index (κ1) is 15.5. The van der Waals surface area contributed by atoms with Crippen molar-refractivity contribution in [3.8, 4) is 0 Å². The Morgan fingerprint density at radius 3 is 2.75 bits per heavy atom. The maximum atomic E-state index is 14.3. The zero-order valence-electron chi connectivity index (χ0n) is 11.8. The highest BCUT2D eigenvalue weighted by Gasteiger charge is 2.48. The van der Waals surface area contributed by atoms with Crippen molar-refractivity contribution in [1.82, 2.24) is 4.90 Å². The van der Waals surface area contributed by atoms with Crippen LogP contribution in [0.15, 0.2) is 35.7 Å². The molecule has 2 atom stereocenters. The molecule has 1 aliphatic heterocycles. The quantitative estimate of drug-likeness (QED) is 0.548. The maximum absolute atomic E-state index is 14.3. The Bertz CT molecular complexity index is 455. The molecule has 0 radical (unpaired) electrons. The first-order valence-corrected chi connectivity index (χ1v) is 7.44. The van der Waals surface area contributed by atoms with Crippen molar-refractivity contribution in [1.29, 1.82) is 0 Å². The van der Waals surface area contributed by atoms with E-state index in [9.17, 15) is 9.18 Å². The van der Waals surface area contributed by atoms with Gasteiger partial charge in [0.1, 0.15) is 12.1 Å². The van der Waals surface area contributed by atoms with Gasteiger partial charge in [0, 0.05) is 17.5 Å². The van der Waals surface area contributed by atoms with Crippen molar-refractivity contribution in [2.75, 3.05) is 13.1 Å². The standard InChI is InChI=1S/C16H21ClFNO/c1-12(17)4-3-5-15(18)14-8-9-19(10-13-6-7-13)16(14,2)11-20/h3-5,11,13-14H,1,6-10H2,2H3/b4-3-,15-5-. The van der Waals surface area contributed by atoms with Gasteiger partial charge >= 0.3 is 0 Å². The van der Waals surface area contributed by atoms with Crippen LogP contribution in [0.25, 0.3) is 0 Å². The molecule has 2 unspecified atom stereocenters. The summed E-state index contributed by atoms with van der Waals surface area (Å²) in [6.07, 6.45) is 8.52. The normalized spacial score (nSPS) is 31.9. The number of halogens is 2. The van der Waals surface area contributed by atoms with E-state index in [4.69, 9.17) is 11.6 Å². The van der Waals surface area contributed by atoms with Crippen LogP contribution in [0.5, 0.6) is 0 Å². The molecule has 2 nitrogen and oxygen atoms in total. The Morgan fingerprint density at radius 2 is 2.20 bits per heavy atom. The lowest BCUT2D eigenvalue weighted by atomic mass is 9.86. The molecule has 1 aliphatic carbocycles. The molecule has 0 N–H and O–H groups in total. The third-order valence-corrected chi connectivity index (χ3v) is 4.48. The second-order valence-electron chi connectivity index (χ2n) is 5.93. The number of carbonyl (C=O) groups is 1. The fourth-order valence-electron chi connectivity index (χ4n) is 2.87. The topological polar surface area (TPSA) is 20.3 Å². The summed E-state index contributed by atoms with van der Waals surface area (Å²) in [6.45, 7) is 7.04. The van der Waals surface area contributed by atoms with Gasteiger partial charge in [-0.3, -0.25) is 4.90 Å². The van der Waals surface area contributed by atoms with Crippen molar-refractivity contribution in [2.45, 2.75) is 31.7 Å². The van der Waals surface area contributed by atoms with Gasteiger partial charge in [0.05, 0.1) is 5.54 Å². The van der Waals surface area contributed by atoms with Crippen LogP contribution in [-0.2, 0) is 4.79 Å². The highest BCUT2D eigenvalue weighted by molar-refractivity contribution is 6.30. The van der Waals surface area contributed by atoms with E-state index in [1.165, 1.54) is 25.0 Å². The first-order valence-electron chi connectivity index (χ1n) is 7.07. The number of aldehydes is 1. The SMILES string of the molecule is C=C(Cl)/C=C\C=C(/F)C1CCN(CC2CC2)C1(C)C=O. The minimum Gasteiger partial charge on any atom is -0.301 e. The number of allylic oxidation sites excluding steroid dienone is 4. The van der Waals surface area contributed by atoms with Gasteiger partial charge in [-0.25, -0.2) is 4.39 Å². The van der Waals surface area contributed by atoms with E-state index < -0.39 is 5.54 Å². The van der Waals surface area contributed by atoms with E-state index in [0.29, 0.717) is 17.4 Å². The zero-order valence-corrected chi connectivity index (χ0v) is 12.6. The molecule has 1 saturated carbocycles. The highest BCUT2D eigenvalue weighted by atomic mass is 35.5. The fourth-order valence-corrected chi connectivity index (χ4v) is 2.95. The summed E-state index contributed by atoms with van der Waals surface area (Å²) >= 11 is 5.59. The molecular weight excluding hydrogens is 277 g/mol. The second-order valence-corrected chi connectivity index (χ2v) is 6.42. The minimum absolute atomic E-state index is 0.257. The van der Waals surface area contributed by atoms with E-state index in [1.807, 2.05) is 6.92 Å². The molecule has 4 heteroatoms. The average molecular weight is 298 g/mol. The first-order chi connectivity index (χ1) is 9.47. The Morgan fingerprint density at radius 1 is 1.50 bits per heavy atom. The van der Waals surface area contributed by atoms with Gasteiger partial charge in [-0.05, 0) is 50.8 Å². The lowest BCUT2D eigenvalue weighted by Crippen LogP contribution is -2.47. The molecule has 2 aliphatic rings. The predicted molar refractivity (Wildman–Crippen MR) is 80.2 cm³/mol. The van der Waals surface area contributed by atoms with Crippen LogP contribution in [0.3, 0.4) is 0 Å². The van der Waals surface area contributed by atoms with Crippen LogP contribution in [0, 0.1) is 11.8 Å². The van der Waals surface area contributed by atoms with Crippen molar-refractivity contribution < 1.29 is 9.18 Å². The summed E-state index contributed by atoms with van der Waals surface area (Å²) in [5.74, 6) is 0.0681.